The minimum absolute atomic E-state index is 0.0450. The van der Waals surface area contributed by atoms with Crippen LogP contribution in [0.25, 0.3) is 10.9 Å². The summed E-state index contributed by atoms with van der Waals surface area (Å²) in [6, 6.07) is 6.78. The van der Waals surface area contributed by atoms with Crippen LogP contribution >= 0.6 is 11.6 Å². The molecule has 4 heterocycles. The summed E-state index contributed by atoms with van der Waals surface area (Å²) in [7, 11) is 1.41. The Morgan fingerprint density at radius 1 is 0.979 bits per heavy atom. The molecule has 2 fully saturated rings. The van der Waals surface area contributed by atoms with Crippen molar-refractivity contribution in [2.75, 3.05) is 33.3 Å². The molecule has 258 valence electrons. The van der Waals surface area contributed by atoms with Crippen LogP contribution in [0.15, 0.2) is 36.5 Å². The molecular weight excluding hydrogens is 654 g/mol. The lowest BCUT2D eigenvalue weighted by molar-refractivity contribution is -0.271. The molecule has 2 unspecified atom stereocenters. The number of alkyl halides is 6. The highest BCUT2D eigenvalue weighted by atomic mass is 35.5. The largest absolute Gasteiger partial charge is 0.481 e. The normalized spacial score (nSPS) is 19.9. The highest BCUT2D eigenvalue weighted by molar-refractivity contribution is 6.36. The summed E-state index contributed by atoms with van der Waals surface area (Å²) in [6.45, 7) is 6.18. The van der Waals surface area contributed by atoms with Crippen LogP contribution in [-0.4, -0.2) is 81.5 Å². The Morgan fingerprint density at radius 2 is 1.62 bits per heavy atom. The van der Waals surface area contributed by atoms with Crippen molar-refractivity contribution in [3.8, 4) is 5.88 Å². The smallest absolute Gasteiger partial charge is 0.433 e. The van der Waals surface area contributed by atoms with Crippen LogP contribution in [0.2, 0.25) is 5.02 Å². The molecule has 3 aromatic rings. The lowest BCUT2D eigenvalue weighted by atomic mass is 9.72. The number of rotatable bonds is 8. The predicted octanol–water partition coefficient (Wildman–Crippen LogP) is 6.34. The number of fused-ring (bicyclic) bond motifs is 1. The Hall–Kier alpha value is -2.75. The average molecular weight is 691 g/mol. The third-order valence-corrected chi connectivity index (χ3v) is 9.24. The summed E-state index contributed by atoms with van der Waals surface area (Å²) < 4.78 is 90.9. The van der Waals surface area contributed by atoms with Crippen molar-refractivity contribution in [2.45, 2.75) is 70.1 Å². The average Bonchev–Trinajstić information content (AvgIpc) is 2.96. The van der Waals surface area contributed by atoms with Crippen LogP contribution in [0.4, 0.5) is 26.3 Å². The van der Waals surface area contributed by atoms with Crippen molar-refractivity contribution in [3.63, 3.8) is 0 Å². The molecule has 2 atom stereocenters. The molecule has 0 bridgehead atoms. The summed E-state index contributed by atoms with van der Waals surface area (Å²) in [5.41, 5.74) is -2.37. The van der Waals surface area contributed by atoms with E-state index in [1.54, 1.807) is 43.9 Å². The quantitative estimate of drug-likeness (QED) is 0.209. The monoisotopic (exact) mass is 690 g/mol. The van der Waals surface area contributed by atoms with E-state index in [4.69, 9.17) is 21.1 Å². The van der Waals surface area contributed by atoms with E-state index in [-0.39, 0.29) is 62.0 Å². The zero-order valence-electron chi connectivity index (χ0n) is 26.3. The lowest BCUT2D eigenvalue weighted by Crippen LogP contribution is -2.61. The fourth-order valence-electron chi connectivity index (χ4n) is 6.20. The number of piperidine rings is 1. The minimum atomic E-state index is -4.68. The fraction of sp³-hybridized carbons (Fsp3) is 0.562. The standard InChI is InChI=1S/C32H37ClF6N4O4/c1-29(2,3)47-28(44)43-15-21(16-43)30(45,20-6-8-25(40-14-20)32(37,38)39)19-5-7-24-22(13-19)26(33)23(27(41-24)46-4)17-42-11-9-18(10-12-42)31(34,35)36/h5-8,13-14,18,21,28,44-45H,9-12,15-17H2,1-4H3. The molecule has 0 spiro atoms. The second kappa shape index (κ2) is 12.9. The Balaban J connectivity index is 1.51. The van der Waals surface area contributed by atoms with Gasteiger partial charge < -0.3 is 19.7 Å². The first-order chi connectivity index (χ1) is 21.8. The van der Waals surface area contributed by atoms with Crippen molar-refractivity contribution in [1.82, 2.24) is 19.8 Å². The molecule has 8 nitrogen and oxygen atoms in total. The Bertz CT molecular complexity index is 1570. The number of ether oxygens (including phenoxy) is 2. The number of benzene rings is 1. The van der Waals surface area contributed by atoms with Crippen LogP contribution in [-0.2, 0) is 23.1 Å². The van der Waals surface area contributed by atoms with Crippen molar-refractivity contribution >= 4 is 22.5 Å². The van der Waals surface area contributed by atoms with Gasteiger partial charge in [0.1, 0.15) is 11.3 Å². The third-order valence-electron chi connectivity index (χ3n) is 8.81. The molecule has 2 N–H and O–H groups in total. The van der Waals surface area contributed by atoms with Gasteiger partial charge in [0, 0.05) is 48.3 Å². The molecule has 2 aliphatic heterocycles. The lowest BCUT2D eigenvalue weighted by Gasteiger charge is -2.50. The highest BCUT2D eigenvalue weighted by Gasteiger charge is 2.49. The van der Waals surface area contributed by atoms with E-state index in [0.717, 1.165) is 12.3 Å². The van der Waals surface area contributed by atoms with Gasteiger partial charge in [0.25, 0.3) is 0 Å². The molecule has 15 heteroatoms. The molecule has 0 amide bonds. The topological polar surface area (TPSA) is 91.2 Å². The minimum Gasteiger partial charge on any atom is -0.481 e. The number of aliphatic hydroxyl groups excluding tert-OH is 1. The molecule has 2 aliphatic rings. The van der Waals surface area contributed by atoms with Gasteiger partial charge in [-0.3, -0.25) is 14.8 Å². The van der Waals surface area contributed by atoms with Crippen LogP contribution in [0, 0.1) is 11.8 Å². The molecule has 0 aliphatic carbocycles. The summed E-state index contributed by atoms with van der Waals surface area (Å²) >= 11 is 6.94. The molecule has 1 aromatic carbocycles. The van der Waals surface area contributed by atoms with Gasteiger partial charge in [-0.2, -0.15) is 26.3 Å². The summed E-state index contributed by atoms with van der Waals surface area (Å²) in [4.78, 5) is 11.6. The van der Waals surface area contributed by atoms with E-state index in [0.29, 0.717) is 22.0 Å². The molecule has 0 saturated carbocycles. The molecule has 2 aromatic heterocycles. The zero-order valence-corrected chi connectivity index (χ0v) is 27.0. The van der Waals surface area contributed by atoms with Gasteiger partial charge in [0.05, 0.1) is 29.2 Å². The first-order valence-electron chi connectivity index (χ1n) is 15.1. The van der Waals surface area contributed by atoms with E-state index < -0.39 is 47.5 Å². The molecule has 47 heavy (non-hydrogen) atoms. The first-order valence-corrected chi connectivity index (χ1v) is 15.5. The first kappa shape index (κ1) is 35.6. The van der Waals surface area contributed by atoms with Crippen LogP contribution in [0.1, 0.15) is 56.0 Å². The Labute approximate surface area is 273 Å². The number of likely N-dealkylation sites (tertiary alicyclic amines) is 2. The number of pyridine rings is 2. The highest BCUT2D eigenvalue weighted by Crippen LogP contribution is 2.45. The van der Waals surface area contributed by atoms with Crippen molar-refractivity contribution in [1.29, 1.82) is 0 Å². The van der Waals surface area contributed by atoms with Crippen molar-refractivity contribution < 1.29 is 46.0 Å². The number of methoxy groups -OCH3 is 1. The van der Waals surface area contributed by atoms with Gasteiger partial charge in [-0.15, -0.1) is 0 Å². The van der Waals surface area contributed by atoms with E-state index in [2.05, 4.69) is 9.97 Å². The number of hydrogen-bond acceptors (Lipinski definition) is 8. The van der Waals surface area contributed by atoms with Crippen molar-refractivity contribution in [2.24, 2.45) is 11.8 Å². The maximum atomic E-state index is 13.3. The molecule has 5 rings (SSSR count). The maximum Gasteiger partial charge on any atom is 0.433 e. The Kier molecular flexibility index (Phi) is 9.79. The van der Waals surface area contributed by atoms with Crippen LogP contribution in [0.3, 0.4) is 0 Å². The van der Waals surface area contributed by atoms with Gasteiger partial charge in [0.15, 0.2) is 0 Å². The predicted molar refractivity (Wildman–Crippen MR) is 162 cm³/mol. The third kappa shape index (κ3) is 7.47. The molecule has 2 saturated heterocycles. The van der Waals surface area contributed by atoms with Gasteiger partial charge >= 0.3 is 12.4 Å². The number of hydrogen-bond donors (Lipinski definition) is 2. The zero-order chi connectivity index (χ0) is 34.5. The summed E-state index contributed by atoms with van der Waals surface area (Å²) in [5.74, 6) is -1.76. The second-order valence-corrected chi connectivity index (χ2v) is 13.5. The SMILES string of the molecule is COc1nc2ccc(C(O)(c3ccc(C(F)(F)F)nc3)C3CN(C(O)OC(C)(C)C)C3)cc2c(Cl)c1CN1CCC(C(F)(F)F)CC1. The number of halogens is 7. The second-order valence-electron chi connectivity index (χ2n) is 13.1. The van der Waals surface area contributed by atoms with Gasteiger partial charge in [0.2, 0.25) is 12.3 Å². The van der Waals surface area contributed by atoms with E-state index in [9.17, 15) is 36.6 Å². The molecular formula is C32H37ClF6N4O4. The number of aromatic nitrogens is 2. The number of nitrogens with zero attached hydrogens (tertiary/aromatic N) is 4. The van der Waals surface area contributed by atoms with Crippen LogP contribution < -0.4 is 4.74 Å². The Morgan fingerprint density at radius 3 is 2.15 bits per heavy atom. The van der Waals surface area contributed by atoms with E-state index >= 15 is 0 Å². The van der Waals surface area contributed by atoms with Crippen molar-refractivity contribution in [3.05, 3.63) is 63.9 Å². The van der Waals surface area contributed by atoms with Crippen LogP contribution in [0.5, 0.6) is 5.88 Å². The van der Waals surface area contributed by atoms with Gasteiger partial charge in [-0.25, -0.2) is 4.98 Å². The fourth-order valence-corrected chi connectivity index (χ4v) is 6.49. The van der Waals surface area contributed by atoms with E-state index in [1.807, 2.05) is 4.90 Å². The maximum absolute atomic E-state index is 13.3. The summed E-state index contributed by atoms with van der Waals surface area (Å²) in [6.07, 6.45) is -9.31. The van der Waals surface area contributed by atoms with E-state index in [1.165, 1.54) is 13.2 Å². The molecule has 0 radical (unpaired) electrons. The number of aliphatic hydroxyl groups is 2. The summed E-state index contributed by atoms with van der Waals surface area (Å²) in [5, 5.41) is 23.6. The van der Waals surface area contributed by atoms with Gasteiger partial charge in [-0.1, -0.05) is 23.7 Å². The van der Waals surface area contributed by atoms with Gasteiger partial charge in [-0.05, 0) is 70.5 Å².